The van der Waals surface area contributed by atoms with Crippen molar-refractivity contribution in [1.29, 1.82) is 0 Å². The molecule has 1 atom stereocenters. The first-order valence-corrected chi connectivity index (χ1v) is 11.3. The molecule has 0 aromatic heterocycles. The number of hydrogen-bond donors (Lipinski definition) is 3. The molecular weight excluding hydrogens is 394 g/mol. The van der Waals surface area contributed by atoms with E-state index in [1.54, 1.807) is 0 Å². The zero-order chi connectivity index (χ0) is 22.6. The zero-order valence-corrected chi connectivity index (χ0v) is 18.9. The maximum Gasteiger partial charge on any atom is 0.126 e. The van der Waals surface area contributed by atoms with Gasteiger partial charge in [-0.15, -0.1) is 0 Å². The summed E-state index contributed by atoms with van der Waals surface area (Å²) in [5.74, 6) is -1.17. The van der Waals surface area contributed by atoms with Gasteiger partial charge in [-0.2, -0.15) is 0 Å². The molecule has 0 saturated heterocycles. The summed E-state index contributed by atoms with van der Waals surface area (Å²) in [5, 5.41) is 14.3. The van der Waals surface area contributed by atoms with Crippen LogP contribution in [0.3, 0.4) is 0 Å². The molecule has 1 aliphatic carbocycles. The Hall–Kier alpha value is -1.82. The van der Waals surface area contributed by atoms with Gasteiger partial charge in [-0.1, -0.05) is 45.0 Å². The molecule has 0 aliphatic heterocycles. The molecule has 0 unspecified atom stereocenters. The van der Waals surface area contributed by atoms with Crippen LogP contribution in [0.2, 0.25) is 0 Å². The number of nitrogens with one attached hydrogen (secondary N) is 1. The lowest BCUT2D eigenvalue weighted by Gasteiger charge is -2.42. The Labute approximate surface area is 185 Å². The average molecular weight is 431 g/mol. The summed E-state index contributed by atoms with van der Waals surface area (Å²) < 4.78 is 26.8. The zero-order valence-electron chi connectivity index (χ0n) is 18.9. The molecule has 2 aromatic rings. The van der Waals surface area contributed by atoms with Gasteiger partial charge in [0, 0.05) is 24.2 Å². The molecule has 170 valence electrons. The molecule has 0 bridgehead atoms. The monoisotopic (exact) mass is 430 g/mol. The van der Waals surface area contributed by atoms with Crippen LogP contribution in [0.25, 0.3) is 0 Å². The Morgan fingerprint density at radius 3 is 2.35 bits per heavy atom. The van der Waals surface area contributed by atoms with E-state index in [-0.39, 0.29) is 17.0 Å². The van der Waals surface area contributed by atoms with Crippen LogP contribution in [-0.2, 0) is 17.4 Å². The van der Waals surface area contributed by atoms with Gasteiger partial charge >= 0.3 is 0 Å². The second kappa shape index (κ2) is 9.76. The number of aryl methyl sites for hydroxylation is 1. The number of nitrogens with two attached hydrogens (primary N) is 1. The third-order valence-electron chi connectivity index (χ3n) is 6.53. The van der Waals surface area contributed by atoms with Crippen molar-refractivity contribution in [3.05, 3.63) is 70.8 Å². The Bertz CT molecular complexity index is 850. The van der Waals surface area contributed by atoms with Crippen molar-refractivity contribution in [1.82, 2.24) is 5.32 Å². The number of rotatable bonds is 7. The van der Waals surface area contributed by atoms with Crippen LogP contribution in [0, 0.1) is 11.6 Å². The molecule has 5 heteroatoms. The molecule has 3 nitrogen and oxygen atoms in total. The molecule has 3 rings (SSSR count). The van der Waals surface area contributed by atoms with E-state index in [1.807, 2.05) is 0 Å². The molecule has 4 N–H and O–H groups in total. The molecule has 1 saturated carbocycles. The fourth-order valence-corrected chi connectivity index (χ4v) is 4.49. The van der Waals surface area contributed by atoms with E-state index in [9.17, 15) is 13.9 Å². The van der Waals surface area contributed by atoms with E-state index in [4.69, 9.17) is 5.73 Å². The highest BCUT2D eigenvalue weighted by molar-refractivity contribution is 5.34. The molecule has 0 heterocycles. The van der Waals surface area contributed by atoms with E-state index in [2.05, 4.69) is 50.4 Å². The number of aliphatic hydroxyl groups is 1. The summed E-state index contributed by atoms with van der Waals surface area (Å²) >= 11 is 0. The molecule has 1 fully saturated rings. The van der Waals surface area contributed by atoms with Gasteiger partial charge in [-0.25, -0.2) is 8.78 Å². The quantitative estimate of drug-likeness (QED) is 0.583. The highest BCUT2D eigenvalue weighted by Gasteiger charge is 2.36. The molecule has 0 spiro atoms. The fraction of sp³-hybridized carbons (Fsp3) is 0.538. The van der Waals surface area contributed by atoms with Crippen molar-refractivity contribution in [2.45, 2.75) is 82.4 Å². The van der Waals surface area contributed by atoms with Crippen LogP contribution in [0.4, 0.5) is 8.78 Å². The van der Waals surface area contributed by atoms with Crippen molar-refractivity contribution in [3.8, 4) is 0 Å². The SMILES string of the molecule is CC(C)(C)c1cccc(C2(NC[C@@H](O)CCc3cc(F)cc(F)c3)CCC(N)CC2)c1. The van der Waals surface area contributed by atoms with Crippen molar-refractivity contribution in [3.63, 3.8) is 0 Å². The van der Waals surface area contributed by atoms with Crippen LogP contribution < -0.4 is 11.1 Å². The van der Waals surface area contributed by atoms with Crippen molar-refractivity contribution < 1.29 is 13.9 Å². The van der Waals surface area contributed by atoms with Gasteiger partial charge in [0.25, 0.3) is 0 Å². The molecule has 1 aliphatic rings. The van der Waals surface area contributed by atoms with Gasteiger partial charge in [0.15, 0.2) is 0 Å². The summed E-state index contributed by atoms with van der Waals surface area (Å²) in [6, 6.07) is 12.5. The second-order valence-electron chi connectivity index (χ2n) is 10.1. The van der Waals surface area contributed by atoms with Gasteiger partial charge in [-0.3, -0.25) is 0 Å². The summed E-state index contributed by atoms with van der Waals surface area (Å²) in [6.07, 6.45) is 3.97. The Kier molecular flexibility index (Phi) is 7.51. The lowest BCUT2D eigenvalue weighted by atomic mass is 9.73. The first-order valence-electron chi connectivity index (χ1n) is 11.3. The van der Waals surface area contributed by atoms with E-state index in [1.165, 1.54) is 23.3 Å². The normalized spacial score (nSPS) is 23.0. The molecule has 0 amide bonds. The smallest absolute Gasteiger partial charge is 0.126 e. The predicted molar refractivity (Wildman–Crippen MR) is 122 cm³/mol. The first-order chi connectivity index (χ1) is 14.6. The van der Waals surface area contributed by atoms with E-state index in [0.717, 1.165) is 31.7 Å². The minimum Gasteiger partial charge on any atom is -0.392 e. The maximum atomic E-state index is 13.4. The molecule has 2 aromatic carbocycles. The third kappa shape index (κ3) is 6.34. The van der Waals surface area contributed by atoms with E-state index in [0.29, 0.717) is 24.9 Å². The average Bonchev–Trinajstić information content (AvgIpc) is 2.71. The minimum atomic E-state index is -0.607. The van der Waals surface area contributed by atoms with Gasteiger partial charge in [0.1, 0.15) is 11.6 Å². The summed E-state index contributed by atoms with van der Waals surface area (Å²) in [6.45, 7) is 7.05. The van der Waals surface area contributed by atoms with Crippen LogP contribution in [-0.4, -0.2) is 23.8 Å². The van der Waals surface area contributed by atoms with Crippen LogP contribution in [0.5, 0.6) is 0 Å². The maximum absolute atomic E-state index is 13.4. The van der Waals surface area contributed by atoms with E-state index >= 15 is 0 Å². The molecular formula is C26H36F2N2O. The van der Waals surface area contributed by atoms with Crippen LogP contribution in [0.1, 0.15) is 69.6 Å². The summed E-state index contributed by atoms with van der Waals surface area (Å²) in [4.78, 5) is 0. The first kappa shape index (κ1) is 23.8. The molecule has 0 radical (unpaired) electrons. The van der Waals surface area contributed by atoms with Crippen LogP contribution >= 0.6 is 0 Å². The van der Waals surface area contributed by atoms with Gasteiger partial charge in [0.05, 0.1) is 6.10 Å². The van der Waals surface area contributed by atoms with Gasteiger partial charge in [0.2, 0.25) is 0 Å². The van der Waals surface area contributed by atoms with Gasteiger partial charge in [-0.05, 0) is 72.8 Å². The Balaban J connectivity index is 1.70. The lowest BCUT2D eigenvalue weighted by molar-refractivity contribution is 0.129. The Morgan fingerprint density at radius 2 is 1.74 bits per heavy atom. The fourth-order valence-electron chi connectivity index (χ4n) is 4.49. The third-order valence-corrected chi connectivity index (χ3v) is 6.53. The number of halogens is 2. The molecule has 31 heavy (non-hydrogen) atoms. The highest BCUT2D eigenvalue weighted by Crippen LogP contribution is 2.38. The highest BCUT2D eigenvalue weighted by atomic mass is 19.1. The minimum absolute atomic E-state index is 0.0576. The number of hydrogen-bond acceptors (Lipinski definition) is 3. The van der Waals surface area contributed by atoms with Crippen molar-refractivity contribution in [2.24, 2.45) is 5.73 Å². The Morgan fingerprint density at radius 1 is 1.10 bits per heavy atom. The second-order valence-corrected chi connectivity index (χ2v) is 10.1. The topological polar surface area (TPSA) is 58.3 Å². The largest absolute Gasteiger partial charge is 0.392 e. The van der Waals surface area contributed by atoms with Crippen molar-refractivity contribution in [2.75, 3.05) is 6.54 Å². The van der Waals surface area contributed by atoms with E-state index < -0.39 is 17.7 Å². The summed E-state index contributed by atoms with van der Waals surface area (Å²) in [7, 11) is 0. The lowest BCUT2D eigenvalue weighted by Crippen LogP contribution is -2.50. The van der Waals surface area contributed by atoms with Gasteiger partial charge < -0.3 is 16.2 Å². The number of aliphatic hydroxyl groups excluding tert-OH is 1. The van der Waals surface area contributed by atoms with Crippen LogP contribution in [0.15, 0.2) is 42.5 Å². The summed E-state index contributed by atoms with van der Waals surface area (Å²) in [5.41, 5.74) is 9.12. The predicted octanol–water partition coefficient (Wildman–Crippen LogP) is 4.94. The standard InChI is InChI=1S/C26H36F2N2O/c1-25(2,3)19-5-4-6-20(15-19)26(11-9-23(29)10-12-26)30-17-24(31)8-7-18-13-21(27)16-22(28)14-18/h4-6,13-16,23-24,30-31H,7-12,17,29H2,1-3H3/t23?,24-,26?/m0/s1. The van der Waals surface area contributed by atoms with Crippen molar-refractivity contribution >= 4 is 0 Å². The number of benzene rings is 2.